The van der Waals surface area contributed by atoms with Crippen LogP contribution in [0.3, 0.4) is 0 Å². The molecule has 0 fully saturated rings. The molecule has 70 valence electrons. The largest absolute Gasteiger partial charge is 0.508 e. The fourth-order valence-corrected chi connectivity index (χ4v) is 1.30. The van der Waals surface area contributed by atoms with Gasteiger partial charge in [0.15, 0.2) is 0 Å². The van der Waals surface area contributed by atoms with Crippen LogP contribution >= 0.6 is 0 Å². The molecule has 2 nitrogen and oxygen atoms in total. The lowest BCUT2D eigenvalue weighted by Gasteiger charge is -2.16. The molecular weight excluding hydrogens is 164 g/mol. The van der Waals surface area contributed by atoms with Crippen molar-refractivity contribution in [1.29, 1.82) is 0 Å². The van der Waals surface area contributed by atoms with Gasteiger partial charge in [-0.05, 0) is 18.6 Å². The number of hydrogen-bond acceptors (Lipinski definition) is 2. The second kappa shape index (κ2) is 4.10. The van der Waals surface area contributed by atoms with Crippen molar-refractivity contribution in [2.45, 2.75) is 13.0 Å². The Morgan fingerprint density at radius 2 is 2.08 bits per heavy atom. The molecule has 0 saturated carbocycles. The molecular formula is C11H14O2. The van der Waals surface area contributed by atoms with Crippen molar-refractivity contribution in [2.24, 2.45) is 0 Å². The predicted molar refractivity (Wildman–Crippen MR) is 52.7 cm³/mol. The summed E-state index contributed by atoms with van der Waals surface area (Å²) in [6, 6.07) is 7.12. The topological polar surface area (TPSA) is 29.5 Å². The lowest BCUT2D eigenvalue weighted by atomic mass is 10.0. The second-order valence-electron chi connectivity index (χ2n) is 3.02. The van der Waals surface area contributed by atoms with E-state index in [1.165, 1.54) is 0 Å². The molecule has 13 heavy (non-hydrogen) atoms. The summed E-state index contributed by atoms with van der Waals surface area (Å²) in [6.07, 6.45) is -0.221. The Morgan fingerprint density at radius 1 is 1.46 bits per heavy atom. The fourth-order valence-electron chi connectivity index (χ4n) is 1.30. The van der Waals surface area contributed by atoms with Crippen molar-refractivity contribution < 1.29 is 9.84 Å². The number of benzene rings is 1. The van der Waals surface area contributed by atoms with Crippen LogP contribution in [0.4, 0.5) is 0 Å². The van der Waals surface area contributed by atoms with Gasteiger partial charge in [0.25, 0.3) is 0 Å². The van der Waals surface area contributed by atoms with Gasteiger partial charge in [0.05, 0.1) is 0 Å². The van der Waals surface area contributed by atoms with Gasteiger partial charge in [-0.3, -0.25) is 0 Å². The van der Waals surface area contributed by atoms with E-state index in [1.54, 1.807) is 19.2 Å². The molecule has 2 heteroatoms. The van der Waals surface area contributed by atoms with Crippen molar-refractivity contribution in [1.82, 2.24) is 0 Å². The molecule has 1 aromatic rings. The molecule has 0 bridgehead atoms. The molecule has 0 aliphatic heterocycles. The van der Waals surface area contributed by atoms with Crippen molar-refractivity contribution in [3.8, 4) is 5.75 Å². The molecule has 0 aliphatic rings. The normalized spacial score (nSPS) is 12.5. The molecule has 0 aromatic heterocycles. The number of phenols is 1. The summed E-state index contributed by atoms with van der Waals surface area (Å²) >= 11 is 0. The van der Waals surface area contributed by atoms with Gasteiger partial charge in [0.2, 0.25) is 0 Å². The van der Waals surface area contributed by atoms with Crippen molar-refractivity contribution in [2.75, 3.05) is 7.11 Å². The fraction of sp³-hybridized carbons (Fsp3) is 0.273. The van der Waals surface area contributed by atoms with Crippen LogP contribution in [-0.4, -0.2) is 12.2 Å². The van der Waals surface area contributed by atoms with Gasteiger partial charge in [-0.15, -0.1) is 0 Å². The summed E-state index contributed by atoms with van der Waals surface area (Å²) in [7, 11) is 1.60. The van der Waals surface area contributed by atoms with E-state index in [1.807, 2.05) is 19.1 Å². The van der Waals surface area contributed by atoms with Gasteiger partial charge in [0.1, 0.15) is 11.9 Å². The molecule has 0 saturated heterocycles. The lowest BCUT2D eigenvalue weighted by molar-refractivity contribution is 0.131. The zero-order valence-corrected chi connectivity index (χ0v) is 7.95. The third-order valence-corrected chi connectivity index (χ3v) is 1.90. The molecule has 0 spiro atoms. The predicted octanol–water partition coefficient (Wildman–Crippen LogP) is 2.66. The van der Waals surface area contributed by atoms with Crippen molar-refractivity contribution in [3.05, 3.63) is 42.0 Å². The van der Waals surface area contributed by atoms with E-state index in [2.05, 4.69) is 6.58 Å². The van der Waals surface area contributed by atoms with E-state index >= 15 is 0 Å². The summed E-state index contributed by atoms with van der Waals surface area (Å²) in [5, 5.41) is 9.54. The van der Waals surface area contributed by atoms with E-state index < -0.39 is 0 Å². The highest BCUT2D eigenvalue weighted by atomic mass is 16.5. The van der Waals surface area contributed by atoms with Crippen LogP contribution in [0.1, 0.15) is 18.6 Å². The van der Waals surface area contributed by atoms with Crippen LogP contribution < -0.4 is 0 Å². The Labute approximate surface area is 78.5 Å². The number of hydrogen-bond donors (Lipinski definition) is 1. The van der Waals surface area contributed by atoms with Crippen LogP contribution in [0.5, 0.6) is 5.75 Å². The van der Waals surface area contributed by atoms with E-state index in [4.69, 9.17) is 4.74 Å². The number of ether oxygens (including phenoxy) is 1. The van der Waals surface area contributed by atoms with Gasteiger partial charge in [-0.1, -0.05) is 24.8 Å². The van der Waals surface area contributed by atoms with Gasteiger partial charge < -0.3 is 9.84 Å². The van der Waals surface area contributed by atoms with Crippen LogP contribution in [-0.2, 0) is 4.74 Å². The molecule has 0 aliphatic carbocycles. The molecule has 1 rings (SSSR count). The first kappa shape index (κ1) is 9.81. The van der Waals surface area contributed by atoms with Gasteiger partial charge >= 0.3 is 0 Å². The van der Waals surface area contributed by atoms with Crippen molar-refractivity contribution in [3.63, 3.8) is 0 Å². The average molecular weight is 178 g/mol. The second-order valence-corrected chi connectivity index (χ2v) is 3.02. The zero-order valence-electron chi connectivity index (χ0n) is 7.95. The van der Waals surface area contributed by atoms with E-state index in [0.29, 0.717) is 0 Å². The first-order valence-corrected chi connectivity index (χ1v) is 4.13. The number of phenolic OH excluding ortho intramolecular Hbond substituents is 1. The Bertz CT molecular complexity index is 305. The Morgan fingerprint density at radius 3 is 2.54 bits per heavy atom. The summed E-state index contributed by atoms with van der Waals surface area (Å²) in [5.74, 6) is 0.248. The maximum atomic E-state index is 9.54. The third kappa shape index (κ3) is 2.10. The molecule has 1 aromatic carbocycles. The number of para-hydroxylation sites is 1. The van der Waals surface area contributed by atoms with Crippen LogP contribution in [0.2, 0.25) is 0 Å². The first-order valence-electron chi connectivity index (χ1n) is 4.13. The van der Waals surface area contributed by atoms with E-state index in [0.717, 1.165) is 11.1 Å². The monoisotopic (exact) mass is 178 g/mol. The minimum absolute atomic E-state index is 0.221. The Hall–Kier alpha value is -1.28. The van der Waals surface area contributed by atoms with Crippen LogP contribution in [0.15, 0.2) is 36.4 Å². The summed E-state index contributed by atoms with van der Waals surface area (Å²) in [6.45, 7) is 5.68. The van der Waals surface area contributed by atoms with E-state index in [-0.39, 0.29) is 11.9 Å². The van der Waals surface area contributed by atoms with Gasteiger partial charge in [-0.2, -0.15) is 0 Å². The minimum Gasteiger partial charge on any atom is -0.508 e. The lowest BCUT2D eigenvalue weighted by Crippen LogP contribution is -2.02. The first-order chi connectivity index (χ1) is 6.16. The quantitative estimate of drug-likeness (QED) is 0.721. The zero-order chi connectivity index (χ0) is 9.84. The number of aromatic hydroxyl groups is 1. The van der Waals surface area contributed by atoms with E-state index in [9.17, 15) is 5.11 Å². The SMILES string of the molecule is C=C(C)C(OC)c1ccccc1O. The number of rotatable bonds is 3. The summed E-state index contributed by atoms with van der Waals surface area (Å²) in [4.78, 5) is 0. The third-order valence-electron chi connectivity index (χ3n) is 1.90. The molecule has 0 radical (unpaired) electrons. The van der Waals surface area contributed by atoms with Gasteiger partial charge in [0, 0.05) is 12.7 Å². The molecule has 0 heterocycles. The molecule has 1 N–H and O–H groups in total. The number of methoxy groups -OCH3 is 1. The molecule has 1 atom stereocenters. The highest BCUT2D eigenvalue weighted by molar-refractivity contribution is 5.37. The molecule has 1 unspecified atom stereocenters. The van der Waals surface area contributed by atoms with Gasteiger partial charge in [-0.25, -0.2) is 0 Å². The van der Waals surface area contributed by atoms with Crippen LogP contribution in [0, 0.1) is 0 Å². The average Bonchev–Trinajstić information content (AvgIpc) is 2.09. The van der Waals surface area contributed by atoms with Crippen molar-refractivity contribution >= 4 is 0 Å². The maximum absolute atomic E-state index is 9.54. The highest BCUT2D eigenvalue weighted by Crippen LogP contribution is 2.30. The smallest absolute Gasteiger partial charge is 0.121 e. The minimum atomic E-state index is -0.221. The Balaban J connectivity index is 3.04. The molecule has 0 amide bonds. The summed E-state index contributed by atoms with van der Waals surface area (Å²) in [5.41, 5.74) is 1.64. The Kier molecular flexibility index (Phi) is 3.09. The highest BCUT2D eigenvalue weighted by Gasteiger charge is 2.13. The standard InChI is InChI=1S/C11H14O2/c1-8(2)11(13-3)9-6-4-5-7-10(9)12/h4-7,11-12H,1H2,2-3H3. The van der Waals surface area contributed by atoms with Crippen LogP contribution in [0.25, 0.3) is 0 Å². The maximum Gasteiger partial charge on any atom is 0.121 e. The summed E-state index contributed by atoms with van der Waals surface area (Å²) < 4.78 is 5.22.